The summed E-state index contributed by atoms with van der Waals surface area (Å²) >= 11 is 0. The summed E-state index contributed by atoms with van der Waals surface area (Å²) in [5, 5.41) is 19.4. The van der Waals surface area contributed by atoms with Gasteiger partial charge in [-0.3, -0.25) is 0 Å². The number of carboxylic acids is 2. The molecule has 134 valence electrons. The molecule has 24 heavy (non-hydrogen) atoms. The van der Waals surface area contributed by atoms with E-state index in [4.69, 9.17) is 14.9 Å². The largest absolute Gasteiger partial charge is 0.478 e. The van der Waals surface area contributed by atoms with Crippen LogP contribution in [0.2, 0.25) is 0 Å². The van der Waals surface area contributed by atoms with Gasteiger partial charge in [-0.25, -0.2) is 14.4 Å². The van der Waals surface area contributed by atoms with Crippen molar-refractivity contribution in [3.8, 4) is 0 Å². The van der Waals surface area contributed by atoms with E-state index < -0.39 is 11.9 Å². The molecule has 0 aromatic rings. The number of rotatable bonds is 3. The molecule has 2 rings (SSSR count). The van der Waals surface area contributed by atoms with E-state index in [1.807, 2.05) is 0 Å². The number of ether oxygens (including phenoxy) is 1. The van der Waals surface area contributed by atoms with Crippen LogP contribution in [0, 0.1) is 0 Å². The fraction of sp³-hybridized carbons (Fsp3) is 0.600. The molecule has 2 N–H and O–H groups in total. The lowest BCUT2D eigenvalue weighted by Crippen LogP contribution is -2.42. The van der Waals surface area contributed by atoms with Crippen molar-refractivity contribution in [3.63, 3.8) is 0 Å². The zero-order chi connectivity index (χ0) is 18.2. The van der Waals surface area contributed by atoms with Gasteiger partial charge in [-0.2, -0.15) is 0 Å². The Bertz CT molecular complexity index is 518. The molecule has 0 radical (unpaired) electrons. The minimum Gasteiger partial charge on any atom is -0.478 e. The second-order valence-electron chi connectivity index (χ2n) is 5.70. The standard InChI is InChI=1S/C11H18N2O3.C4H4O4/c1-9(14)16-12-10-7-11(15-8-10)3-5-13(2)6-4-11;5-3(6)1-2-4(7)8/h3-8H2,1-2H3;1-2H,(H,5,6)(H,7,8)/b;2-1-. The number of carboxylic acid groups (broad SMARTS) is 2. The number of piperidine rings is 1. The van der Waals surface area contributed by atoms with Crippen molar-refractivity contribution in [2.45, 2.75) is 31.8 Å². The third-order valence-electron chi connectivity index (χ3n) is 3.64. The second kappa shape index (κ2) is 9.14. The fourth-order valence-electron chi connectivity index (χ4n) is 2.39. The molecular weight excluding hydrogens is 320 g/mol. The molecule has 0 aliphatic carbocycles. The Kier molecular flexibility index (Phi) is 7.53. The molecule has 9 heteroatoms. The van der Waals surface area contributed by atoms with Crippen molar-refractivity contribution in [1.29, 1.82) is 0 Å². The lowest BCUT2D eigenvalue weighted by molar-refractivity contribution is -0.141. The minimum absolute atomic E-state index is 0.0501. The van der Waals surface area contributed by atoms with E-state index in [9.17, 15) is 14.4 Å². The van der Waals surface area contributed by atoms with Gasteiger partial charge in [0.1, 0.15) is 0 Å². The van der Waals surface area contributed by atoms with Crippen LogP contribution in [0.3, 0.4) is 0 Å². The van der Waals surface area contributed by atoms with Crippen LogP contribution in [0.5, 0.6) is 0 Å². The highest BCUT2D eigenvalue weighted by Gasteiger charge is 2.40. The highest BCUT2D eigenvalue weighted by atomic mass is 16.7. The van der Waals surface area contributed by atoms with Crippen molar-refractivity contribution >= 4 is 23.6 Å². The second-order valence-corrected chi connectivity index (χ2v) is 5.70. The zero-order valence-corrected chi connectivity index (χ0v) is 13.7. The topological polar surface area (TPSA) is 126 Å². The van der Waals surface area contributed by atoms with Gasteiger partial charge in [0.2, 0.25) is 0 Å². The van der Waals surface area contributed by atoms with Gasteiger partial charge in [0, 0.05) is 38.6 Å². The normalized spacial score (nSPS) is 21.5. The van der Waals surface area contributed by atoms with Gasteiger partial charge in [0.15, 0.2) is 0 Å². The van der Waals surface area contributed by atoms with E-state index in [0.29, 0.717) is 18.8 Å². The first-order valence-electron chi connectivity index (χ1n) is 7.42. The first kappa shape index (κ1) is 19.8. The average Bonchev–Trinajstić information content (AvgIpc) is 2.90. The molecule has 0 atom stereocenters. The summed E-state index contributed by atoms with van der Waals surface area (Å²) in [5.74, 6) is -2.89. The summed E-state index contributed by atoms with van der Waals surface area (Å²) in [6.45, 7) is 3.96. The SMILES string of the molecule is CC(=O)ON=C1COC2(CCN(C)CC2)C1.O=C(O)/C=C\C(=O)O. The summed E-state index contributed by atoms with van der Waals surface area (Å²) in [5.41, 5.74) is 0.797. The molecule has 2 aliphatic rings. The summed E-state index contributed by atoms with van der Waals surface area (Å²) in [6.07, 6.45) is 3.98. The Morgan fingerprint density at radius 3 is 2.21 bits per heavy atom. The summed E-state index contributed by atoms with van der Waals surface area (Å²) in [7, 11) is 2.12. The summed E-state index contributed by atoms with van der Waals surface area (Å²) in [4.78, 5) is 36.7. The number of hydrogen-bond acceptors (Lipinski definition) is 7. The van der Waals surface area contributed by atoms with Crippen LogP contribution in [0.15, 0.2) is 17.3 Å². The number of hydrogen-bond donors (Lipinski definition) is 2. The Morgan fingerprint density at radius 1 is 1.21 bits per heavy atom. The van der Waals surface area contributed by atoms with Gasteiger partial charge < -0.3 is 24.7 Å². The summed E-state index contributed by atoms with van der Waals surface area (Å²) < 4.78 is 5.83. The minimum atomic E-state index is -1.26. The number of oxime groups is 1. The Morgan fingerprint density at radius 2 is 1.75 bits per heavy atom. The lowest BCUT2D eigenvalue weighted by Gasteiger charge is -2.36. The van der Waals surface area contributed by atoms with Gasteiger partial charge in [-0.1, -0.05) is 5.16 Å². The molecule has 2 saturated heterocycles. The molecule has 9 nitrogen and oxygen atoms in total. The number of likely N-dealkylation sites (tertiary alicyclic amines) is 1. The van der Waals surface area contributed by atoms with Crippen LogP contribution in [0.4, 0.5) is 0 Å². The number of carbonyl (C=O) groups is 3. The molecule has 0 bridgehead atoms. The highest BCUT2D eigenvalue weighted by molar-refractivity contribution is 5.89. The van der Waals surface area contributed by atoms with E-state index in [1.165, 1.54) is 6.92 Å². The van der Waals surface area contributed by atoms with Crippen molar-refractivity contribution < 1.29 is 34.2 Å². The number of aliphatic carboxylic acids is 2. The van der Waals surface area contributed by atoms with E-state index in [0.717, 1.165) is 38.1 Å². The molecule has 2 fully saturated rings. The molecule has 1 spiro atoms. The van der Waals surface area contributed by atoms with Crippen molar-refractivity contribution in [1.82, 2.24) is 4.90 Å². The fourth-order valence-corrected chi connectivity index (χ4v) is 2.39. The van der Waals surface area contributed by atoms with Crippen LogP contribution >= 0.6 is 0 Å². The smallest absolute Gasteiger partial charge is 0.331 e. The molecule has 0 amide bonds. The van der Waals surface area contributed by atoms with E-state index in [1.54, 1.807) is 0 Å². The van der Waals surface area contributed by atoms with Crippen molar-refractivity contribution in [2.75, 3.05) is 26.7 Å². The number of carbonyl (C=O) groups excluding carboxylic acids is 1. The number of nitrogens with zero attached hydrogens (tertiary/aromatic N) is 2. The molecule has 0 unspecified atom stereocenters. The van der Waals surface area contributed by atoms with E-state index in [-0.39, 0.29) is 11.6 Å². The molecular formula is C15H22N2O7. The first-order chi connectivity index (χ1) is 11.2. The van der Waals surface area contributed by atoms with Crippen LogP contribution < -0.4 is 0 Å². The van der Waals surface area contributed by atoms with Crippen LogP contribution in [-0.2, 0) is 24.0 Å². The third kappa shape index (κ3) is 7.34. The van der Waals surface area contributed by atoms with Crippen LogP contribution in [-0.4, -0.2) is 71.1 Å². The lowest BCUT2D eigenvalue weighted by atomic mass is 9.88. The predicted molar refractivity (Wildman–Crippen MR) is 83.6 cm³/mol. The van der Waals surface area contributed by atoms with Crippen LogP contribution in [0.1, 0.15) is 26.2 Å². The van der Waals surface area contributed by atoms with E-state index in [2.05, 4.69) is 21.9 Å². The molecule has 0 aromatic carbocycles. The van der Waals surface area contributed by atoms with Gasteiger partial charge in [-0.15, -0.1) is 0 Å². The Hall–Kier alpha value is -2.26. The molecule has 2 aliphatic heterocycles. The third-order valence-corrected chi connectivity index (χ3v) is 3.64. The quantitative estimate of drug-likeness (QED) is 0.431. The highest BCUT2D eigenvalue weighted by Crippen LogP contribution is 2.34. The van der Waals surface area contributed by atoms with Crippen molar-refractivity contribution in [2.24, 2.45) is 5.16 Å². The van der Waals surface area contributed by atoms with Gasteiger partial charge in [-0.05, 0) is 19.9 Å². The molecule has 0 saturated carbocycles. The Labute approximate surface area is 139 Å². The van der Waals surface area contributed by atoms with Crippen molar-refractivity contribution in [3.05, 3.63) is 12.2 Å². The van der Waals surface area contributed by atoms with Gasteiger partial charge in [0.25, 0.3) is 0 Å². The molecule has 2 heterocycles. The molecule has 0 aromatic heterocycles. The zero-order valence-electron chi connectivity index (χ0n) is 13.7. The van der Waals surface area contributed by atoms with Crippen LogP contribution in [0.25, 0.3) is 0 Å². The maximum atomic E-state index is 10.6. The predicted octanol–water partition coefficient (Wildman–Crippen LogP) is 0.502. The summed E-state index contributed by atoms with van der Waals surface area (Å²) in [6, 6.07) is 0. The van der Waals surface area contributed by atoms with Gasteiger partial charge >= 0.3 is 17.9 Å². The first-order valence-corrected chi connectivity index (χ1v) is 7.42. The maximum Gasteiger partial charge on any atom is 0.331 e. The Balaban J connectivity index is 0.000000307. The monoisotopic (exact) mass is 342 g/mol. The maximum absolute atomic E-state index is 10.6. The van der Waals surface area contributed by atoms with Gasteiger partial charge in [0.05, 0.1) is 17.9 Å². The van der Waals surface area contributed by atoms with E-state index >= 15 is 0 Å². The average molecular weight is 342 g/mol.